The van der Waals surface area contributed by atoms with Crippen LogP contribution in [0.3, 0.4) is 0 Å². The highest BCUT2D eigenvalue weighted by molar-refractivity contribution is 6.42. The van der Waals surface area contributed by atoms with Gasteiger partial charge in [-0.2, -0.15) is 0 Å². The van der Waals surface area contributed by atoms with Crippen LogP contribution in [0.5, 0.6) is 0 Å². The zero-order valence-corrected chi connectivity index (χ0v) is 12.5. The molecular weight excluding hydrogens is 304 g/mol. The van der Waals surface area contributed by atoms with Crippen molar-refractivity contribution in [3.05, 3.63) is 71.3 Å². The number of carbonyl (C=O) groups excluding carboxylic acids is 2. The third-order valence-electron chi connectivity index (χ3n) is 4.03. The minimum Gasteiger partial charge on any atom is -0.467 e. The van der Waals surface area contributed by atoms with E-state index in [1.165, 1.54) is 6.07 Å². The molecule has 1 N–H and O–H groups in total. The van der Waals surface area contributed by atoms with Crippen molar-refractivity contribution in [3.8, 4) is 0 Å². The van der Waals surface area contributed by atoms with Crippen LogP contribution in [0.15, 0.2) is 54.6 Å². The van der Waals surface area contributed by atoms with E-state index in [0.717, 1.165) is 7.11 Å². The quantitative estimate of drug-likeness (QED) is 0.682. The Hall–Kier alpha value is -2.17. The molecule has 0 amide bonds. The lowest BCUT2D eigenvalue weighted by atomic mass is 9.81. The molecule has 0 saturated heterocycles. The summed E-state index contributed by atoms with van der Waals surface area (Å²) in [6.45, 7) is 0. The Labute approximate surface area is 132 Å². The third-order valence-corrected chi connectivity index (χ3v) is 4.69. The lowest BCUT2D eigenvalue weighted by Gasteiger charge is -2.34. The van der Waals surface area contributed by atoms with Crippen molar-refractivity contribution in [3.63, 3.8) is 0 Å². The van der Waals surface area contributed by atoms with Gasteiger partial charge in [0.2, 0.25) is 5.60 Å². The minimum absolute atomic E-state index is 0.158. The average Bonchev–Trinajstić information content (AvgIpc) is 2.76. The van der Waals surface area contributed by atoms with Crippen LogP contribution in [0.2, 0.25) is 0 Å². The van der Waals surface area contributed by atoms with E-state index in [4.69, 9.17) is 16.3 Å². The number of halogens is 1. The van der Waals surface area contributed by atoms with Gasteiger partial charge in [0.1, 0.15) is 0 Å². The van der Waals surface area contributed by atoms with Gasteiger partial charge in [0.05, 0.1) is 7.11 Å². The molecular formula is C17H13ClO4. The van der Waals surface area contributed by atoms with Crippen LogP contribution < -0.4 is 0 Å². The number of benzene rings is 2. The molecule has 2 aromatic carbocycles. The van der Waals surface area contributed by atoms with E-state index in [9.17, 15) is 14.7 Å². The highest BCUT2D eigenvalue weighted by Crippen LogP contribution is 2.54. The first kappa shape index (κ1) is 14.8. The van der Waals surface area contributed by atoms with Crippen LogP contribution in [0.25, 0.3) is 0 Å². The summed E-state index contributed by atoms with van der Waals surface area (Å²) in [5.41, 5.74) is -1.57. The fourth-order valence-corrected chi connectivity index (χ4v) is 3.34. The maximum Gasteiger partial charge on any atom is 0.345 e. The summed E-state index contributed by atoms with van der Waals surface area (Å²) >= 11 is 6.59. The van der Waals surface area contributed by atoms with Gasteiger partial charge in [0.15, 0.2) is 10.7 Å². The van der Waals surface area contributed by atoms with Crippen LogP contribution >= 0.6 is 11.6 Å². The lowest BCUT2D eigenvalue weighted by Crippen LogP contribution is -2.51. The van der Waals surface area contributed by atoms with Gasteiger partial charge >= 0.3 is 5.97 Å². The molecule has 0 heterocycles. The predicted molar refractivity (Wildman–Crippen MR) is 80.7 cm³/mol. The zero-order chi connectivity index (χ0) is 16.0. The molecule has 0 bridgehead atoms. The minimum atomic E-state index is -2.28. The second kappa shape index (κ2) is 4.93. The standard InChI is InChI=1S/C17H13ClO4/c1-22-15(20)17(21)13-10-6-5-9-12(13)14(19)16(17,18)11-7-3-2-4-8-11/h2-10,21H,1H3/t16-,17+/m0/s1. The molecule has 0 saturated carbocycles. The molecule has 112 valence electrons. The fourth-order valence-electron chi connectivity index (χ4n) is 2.94. The maximum absolute atomic E-state index is 12.9. The molecule has 0 radical (unpaired) electrons. The largest absolute Gasteiger partial charge is 0.467 e. The average molecular weight is 317 g/mol. The number of Topliss-reactive ketones (excluding diaryl/α,β-unsaturated/α-hetero) is 1. The van der Waals surface area contributed by atoms with Crippen molar-refractivity contribution in [2.45, 2.75) is 10.5 Å². The van der Waals surface area contributed by atoms with Crippen LogP contribution in [0.4, 0.5) is 0 Å². The second-order valence-corrected chi connectivity index (χ2v) is 5.67. The molecule has 5 heteroatoms. The Morgan fingerprint density at radius 2 is 1.68 bits per heavy atom. The van der Waals surface area contributed by atoms with Crippen molar-refractivity contribution in [2.75, 3.05) is 7.11 Å². The lowest BCUT2D eigenvalue weighted by molar-refractivity contribution is -0.166. The number of alkyl halides is 1. The highest BCUT2D eigenvalue weighted by atomic mass is 35.5. The Morgan fingerprint density at radius 1 is 1.09 bits per heavy atom. The summed E-state index contributed by atoms with van der Waals surface area (Å²) in [6.07, 6.45) is 0. The van der Waals surface area contributed by atoms with Crippen molar-refractivity contribution in [1.82, 2.24) is 0 Å². The molecule has 0 aromatic heterocycles. The number of hydrogen-bond acceptors (Lipinski definition) is 4. The second-order valence-electron chi connectivity index (χ2n) is 5.10. The highest BCUT2D eigenvalue weighted by Gasteiger charge is 2.68. The first-order valence-electron chi connectivity index (χ1n) is 6.67. The first-order chi connectivity index (χ1) is 10.5. The van der Waals surface area contributed by atoms with E-state index in [2.05, 4.69) is 0 Å². The van der Waals surface area contributed by atoms with Crippen molar-refractivity contribution in [2.24, 2.45) is 0 Å². The molecule has 0 unspecified atom stereocenters. The van der Waals surface area contributed by atoms with Crippen molar-refractivity contribution < 1.29 is 19.4 Å². The summed E-state index contributed by atoms with van der Waals surface area (Å²) in [7, 11) is 1.15. The van der Waals surface area contributed by atoms with Crippen LogP contribution in [0.1, 0.15) is 21.5 Å². The molecule has 0 fully saturated rings. The zero-order valence-electron chi connectivity index (χ0n) is 11.7. The number of aliphatic hydroxyl groups is 1. The van der Waals surface area contributed by atoms with E-state index in [-0.39, 0.29) is 11.1 Å². The first-order valence-corrected chi connectivity index (χ1v) is 7.05. The number of methoxy groups -OCH3 is 1. The number of carbonyl (C=O) groups is 2. The molecule has 2 atom stereocenters. The van der Waals surface area contributed by atoms with Gasteiger partial charge in [-0.3, -0.25) is 4.79 Å². The monoisotopic (exact) mass is 316 g/mol. The molecule has 4 nitrogen and oxygen atoms in total. The number of ether oxygens (including phenoxy) is 1. The Balaban J connectivity index is 2.35. The number of rotatable bonds is 2. The smallest absolute Gasteiger partial charge is 0.345 e. The Morgan fingerprint density at radius 3 is 2.32 bits per heavy atom. The number of esters is 1. The predicted octanol–water partition coefficient (Wildman–Crippen LogP) is 2.38. The molecule has 1 aliphatic rings. The van der Waals surface area contributed by atoms with Gasteiger partial charge in [0, 0.05) is 11.1 Å². The van der Waals surface area contributed by atoms with Crippen LogP contribution in [-0.2, 0) is 20.0 Å². The summed E-state index contributed by atoms with van der Waals surface area (Å²) < 4.78 is 4.73. The molecule has 22 heavy (non-hydrogen) atoms. The molecule has 2 aromatic rings. The topological polar surface area (TPSA) is 63.6 Å². The number of hydrogen-bond donors (Lipinski definition) is 1. The summed E-state index contributed by atoms with van der Waals surface area (Å²) in [5.74, 6) is -1.49. The van der Waals surface area contributed by atoms with Gasteiger partial charge in [0.25, 0.3) is 0 Å². The van der Waals surface area contributed by atoms with E-state index < -0.39 is 22.2 Å². The Kier molecular flexibility index (Phi) is 3.31. The SMILES string of the molecule is COC(=O)[C@]1(O)c2ccccc2C(=O)[C@@]1(Cl)c1ccccc1. The molecule has 0 spiro atoms. The van der Waals surface area contributed by atoms with Gasteiger partial charge < -0.3 is 9.84 Å². The van der Waals surface area contributed by atoms with E-state index in [1.807, 2.05) is 0 Å². The number of ketones is 1. The normalized spacial score (nSPS) is 26.6. The number of fused-ring (bicyclic) bond motifs is 1. The molecule has 1 aliphatic carbocycles. The van der Waals surface area contributed by atoms with Gasteiger partial charge in [-0.15, -0.1) is 11.6 Å². The van der Waals surface area contributed by atoms with E-state index >= 15 is 0 Å². The Bertz CT molecular complexity index is 756. The summed E-state index contributed by atoms with van der Waals surface area (Å²) in [5, 5.41) is 11.1. The van der Waals surface area contributed by atoms with E-state index in [1.54, 1.807) is 48.5 Å². The van der Waals surface area contributed by atoms with Crippen LogP contribution in [-0.4, -0.2) is 24.0 Å². The molecule has 3 rings (SSSR count). The maximum atomic E-state index is 12.9. The summed E-state index contributed by atoms with van der Waals surface area (Å²) in [4.78, 5) is 23.2. The third kappa shape index (κ3) is 1.62. The van der Waals surface area contributed by atoms with Crippen molar-refractivity contribution >= 4 is 23.4 Å². The van der Waals surface area contributed by atoms with Crippen LogP contribution in [0, 0.1) is 0 Å². The van der Waals surface area contributed by atoms with Gasteiger partial charge in [-0.1, -0.05) is 54.6 Å². The van der Waals surface area contributed by atoms with Gasteiger partial charge in [-0.05, 0) is 5.56 Å². The van der Waals surface area contributed by atoms with Crippen molar-refractivity contribution in [1.29, 1.82) is 0 Å². The summed E-state index contributed by atoms with van der Waals surface area (Å²) in [6, 6.07) is 14.7. The fraction of sp³-hybridized carbons (Fsp3) is 0.176. The van der Waals surface area contributed by atoms with Gasteiger partial charge in [-0.25, -0.2) is 4.79 Å². The molecule has 0 aliphatic heterocycles. The van der Waals surface area contributed by atoms with E-state index in [0.29, 0.717) is 5.56 Å².